The van der Waals surface area contributed by atoms with Gasteiger partial charge >= 0.3 is 0 Å². The minimum atomic E-state index is -3.67. The molecule has 136 valence electrons. The van der Waals surface area contributed by atoms with Crippen LogP contribution in [-0.2, 0) is 14.8 Å². The lowest BCUT2D eigenvalue weighted by Gasteiger charge is -2.45. The molecule has 0 aromatic heterocycles. The average molecular weight is 418 g/mol. The van der Waals surface area contributed by atoms with Gasteiger partial charge in [-0.2, -0.15) is 4.31 Å². The highest BCUT2D eigenvalue weighted by Gasteiger charge is 2.48. The van der Waals surface area contributed by atoms with E-state index in [9.17, 15) is 13.2 Å². The molecule has 2 heterocycles. The van der Waals surface area contributed by atoms with Crippen molar-refractivity contribution < 1.29 is 13.2 Å². The maximum Gasteiger partial charge on any atom is 0.243 e. The topological polar surface area (TPSA) is 54.5 Å². The van der Waals surface area contributed by atoms with Crippen molar-refractivity contribution in [2.45, 2.75) is 42.7 Å². The van der Waals surface area contributed by atoms with Crippen LogP contribution in [0.3, 0.4) is 0 Å². The molecule has 0 radical (unpaired) electrons. The number of ketones is 1. The van der Waals surface area contributed by atoms with Gasteiger partial charge < -0.3 is 0 Å². The molecule has 2 aliphatic heterocycles. The molecule has 0 saturated carbocycles. The second-order valence-corrected chi connectivity index (χ2v) is 10.3. The lowest BCUT2D eigenvalue weighted by molar-refractivity contribution is -0.119. The van der Waals surface area contributed by atoms with E-state index in [1.165, 1.54) is 35.7 Å². The van der Waals surface area contributed by atoms with Crippen molar-refractivity contribution in [1.29, 1.82) is 0 Å². The number of rotatable bonds is 4. The third kappa shape index (κ3) is 3.54. The van der Waals surface area contributed by atoms with Gasteiger partial charge in [-0.1, -0.05) is 11.6 Å². The van der Waals surface area contributed by atoms with Crippen molar-refractivity contribution in [2.75, 3.05) is 12.5 Å². The van der Waals surface area contributed by atoms with Gasteiger partial charge in [0.1, 0.15) is 0 Å². The van der Waals surface area contributed by atoms with Crippen LogP contribution in [0.15, 0.2) is 39.0 Å². The molecule has 0 spiro atoms. The molecule has 0 N–H and O–H groups in total. The van der Waals surface area contributed by atoms with Crippen LogP contribution in [-0.4, -0.2) is 43.1 Å². The Balaban J connectivity index is 2.10. The Kier molecular flexibility index (Phi) is 5.90. The minimum absolute atomic E-state index is 0.0935. The van der Waals surface area contributed by atoms with Gasteiger partial charge in [0.15, 0.2) is 5.78 Å². The summed E-state index contributed by atoms with van der Waals surface area (Å²) in [5.41, 5.74) is 0.675. The number of Topliss-reactive ketones (excluding diaryl/α,β-unsaturated/α-hetero) is 1. The Morgan fingerprint density at radius 2 is 1.80 bits per heavy atom. The zero-order valence-electron chi connectivity index (χ0n) is 14.1. The molecule has 2 atom stereocenters. The second kappa shape index (κ2) is 7.64. The SMILES string of the molecule is CSC(SC)=C1C(=O)CC2CCCC1N2S(=O)(=O)c1ccc(Cl)cc1. The zero-order chi connectivity index (χ0) is 18.2. The van der Waals surface area contributed by atoms with Gasteiger partial charge in [0.25, 0.3) is 0 Å². The van der Waals surface area contributed by atoms with E-state index < -0.39 is 10.0 Å². The molecule has 2 aliphatic rings. The number of benzene rings is 1. The highest BCUT2D eigenvalue weighted by molar-refractivity contribution is 8.21. The summed E-state index contributed by atoms with van der Waals surface area (Å²) >= 11 is 8.93. The monoisotopic (exact) mass is 417 g/mol. The molecular formula is C17H20ClNO3S3. The van der Waals surface area contributed by atoms with Crippen molar-refractivity contribution in [3.63, 3.8) is 0 Å². The molecule has 25 heavy (non-hydrogen) atoms. The maximum absolute atomic E-state index is 13.3. The van der Waals surface area contributed by atoms with Crippen LogP contribution < -0.4 is 0 Å². The third-order valence-corrected chi connectivity index (χ3v) is 9.13. The summed E-state index contributed by atoms with van der Waals surface area (Å²) in [6.07, 6.45) is 6.49. The summed E-state index contributed by atoms with van der Waals surface area (Å²) in [5.74, 6) is 0.0935. The van der Waals surface area contributed by atoms with E-state index in [-0.39, 0.29) is 29.2 Å². The molecule has 1 aromatic rings. The lowest BCUT2D eigenvalue weighted by Crippen LogP contribution is -2.56. The molecule has 2 fully saturated rings. The molecule has 4 nitrogen and oxygen atoms in total. The first-order chi connectivity index (χ1) is 11.9. The maximum atomic E-state index is 13.3. The van der Waals surface area contributed by atoms with E-state index in [2.05, 4.69) is 0 Å². The largest absolute Gasteiger partial charge is 0.294 e. The van der Waals surface area contributed by atoms with Gasteiger partial charge in [-0.3, -0.25) is 4.79 Å². The molecule has 1 aromatic carbocycles. The summed E-state index contributed by atoms with van der Waals surface area (Å²) in [6, 6.07) is 5.64. The van der Waals surface area contributed by atoms with Crippen molar-refractivity contribution >= 4 is 50.9 Å². The van der Waals surface area contributed by atoms with Crippen LogP contribution in [0.4, 0.5) is 0 Å². The van der Waals surface area contributed by atoms with Crippen LogP contribution in [0.1, 0.15) is 25.7 Å². The van der Waals surface area contributed by atoms with Crippen molar-refractivity contribution in [3.8, 4) is 0 Å². The Morgan fingerprint density at radius 1 is 1.16 bits per heavy atom. The predicted octanol–water partition coefficient (Wildman–Crippen LogP) is 4.16. The number of hydrogen-bond donors (Lipinski definition) is 0. The fourth-order valence-corrected chi connectivity index (χ4v) is 7.25. The summed E-state index contributed by atoms with van der Waals surface area (Å²) < 4.78 is 29.1. The number of nitrogens with zero attached hydrogens (tertiary/aromatic N) is 1. The van der Waals surface area contributed by atoms with E-state index >= 15 is 0 Å². The summed E-state index contributed by atoms with van der Waals surface area (Å²) in [5, 5.41) is 0.501. The number of halogens is 1. The Bertz CT molecular complexity index is 799. The number of sulfonamides is 1. The van der Waals surface area contributed by atoms with Gasteiger partial charge in [-0.15, -0.1) is 23.5 Å². The van der Waals surface area contributed by atoms with Crippen LogP contribution in [0, 0.1) is 0 Å². The minimum Gasteiger partial charge on any atom is -0.294 e. The number of fused-ring (bicyclic) bond motifs is 2. The average Bonchev–Trinajstić information content (AvgIpc) is 2.58. The van der Waals surface area contributed by atoms with Crippen LogP contribution >= 0.6 is 35.1 Å². The van der Waals surface area contributed by atoms with Crippen molar-refractivity contribution in [1.82, 2.24) is 4.31 Å². The van der Waals surface area contributed by atoms with E-state index in [4.69, 9.17) is 11.6 Å². The summed E-state index contributed by atoms with van der Waals surface area (Å²) in [4.78, 5) is 12.9. The number of piperidine rings is 2. The van der Waals surface area contributed by atoms with E-state index in [0.717, 1.165) is 17.1 Å². The molecule has 2 saturated heterocycles. The van der Waals surface area contributed by atoms with Crippen molar-refractivity contribution in [3.05, 3.63) is 39.1 Å². The molecule has 8 heteroatoms. The van der Waals surface area contributed by atoms with Crippen LogP contribution in [0.2, 0.25) is 5.02 Å². The predicted molar refractivity (Wildman–Crippen MR) is 106 cm³/mol. The molecule has 2 bridgehead atoms. The summed E-state index contributed by atoms with van der Waals surface area (Å²) in [7, 11) is -3.67. The second-order valence-electron chi connectivity index (χ2n) is 6.13. The number of carbonyl (C=O) groups is 1. The van der Waals surface area contributed by atoms with E-state index in [1.54, 1.807) is 16.4 Å². The van der Waals surface area contributed by atoms with Crippen molar-refractivity contribution in [2.24, 2.45) is 0 Å². The standard InChI is InChI=1S/C17H20ClNO3S3/c1-23-17(24-2)16-14-5-3-4-12(10-15(16)20)19(14)25(21,22)13-8-6-11(18)7-9-13/h6-9,12,14H,3-5,10H2,1-2H3. The quantitative estimate of drug-likeness (QED) is 0.688. The third-order valence-electron chi connectivity index (χ3n) is 4.72. The van der Waals surface area contributed by atoms with Gasteiger partial charge in [-0.25, -0.2) is 8.42 Å². The van der Waals surface area contributed by atoms with Gasteiger partial charge in [-0.05, 0) is 56.0 Å². The van der Waals surface area contributed by atoms with E-state index in [0.29, 0.717) is 17.0 Å². The van der Waals surface area contributed by atoms with E-state index in [1.807, 2.05) is 12.5 Å². The first kappa shape index (κ1) is 19.3. The Hall–Kier alpha value is -0.470. The van der Waals surface area contributed by atoms with Gasteiger partial charge in [0.2, 0.25) is 10.0 Å². The fraction of sp³-hybridized carbons (Fsp3) is 0.471. The molecule has 2 unspecified atom stereocenters. The Labute approximate surface area is 162 Å². The van der Waals surface area contributed by atoms with Gasteiger partial charge in [0, 0.05) is 27.3 Å². The first-order valence-electron chi connectivity index (χ1n) is 8.04. The molecule has 0 aliphatic carbocycles. The number of hydrogen-bond acceptors (Lipinski definition) is 5. The van der Waals surface area contributed by atoms with Crippen LogP contribution in [0.25, 0.3) is 0 Å². The van der Waals surface area contributed by atoms with Crippen LogP contribution in [0.5, 0.6) is 0 Å². The smallest absolute Gasteiger partial charge is 0.243 e. The number of thioether (sulfide) groups is 2. The molecule has 0 amide bonds. The lowest BCUT2D eigenvalue weighted by atomic mass is 9.83. The molecule has 3 rings (SSSR count). The normalized spacial score (nSPS) is 24.4. The van der Waals surface area contributed by atoms with Gasteiger partial charge in [0.05, 0.1) is 10.9 Å². The highest BCUT2D eigenvalue weighted by atomic mass is 35.5. The molecular weight excluding hydrogens is 398 g/mol. The Morgan fingerprint density at radius 3 is 2.40 bits per heavy atom. The number of carbonyl (C=O) groups excluding carboxylic acids is 1. The first-order valence-corrected chi connectivity index (χ1v) is 12.3. The highest BCUT2D eigenvalue weighted by Crippen LogP contribution is 2.43. The summed E-state index contributed by atoms with van der Waals surface area (Å²) in [6.45, 7) is 0. The zero-order valence-corrected chi connectivity index (χ0v) is 17.3. The fourth-order valence-electron chi connectivity index (χ4n) is 3.67.